The normalized spacial score (nSPS) is 19.8. The molecule has 4 rings (SSSR count). The average molecular weight is 462 g/mol. The number of hydrogen-bond donors (Lipinski definition) is 0. The van der Waals surface area contributed by atoms with Crippen LogP contribution >= 0.6 is 11.6 Å². The maximum absolute atomic E-state index is 13.2. The summed E-state index contributed by atoms with van der Waals surface area (Å²) in [4.78, 5) is 17.7. The van der Waals surface area contributed by atoms with E-state index in [0.29, 0.717) is 34.9 Å². The van der Waals surface area contributed by atoms with Crippen LogP contribution in [0.3, 0.4) is 0 Å². The number of nitrogens with zero attached hydrogens (tertiary/aromatic N) is 5. The molecular weight excluding hydrogens is 426 g/mol. The molecule has 1 amide bonds. The average Bonchev–Trinajstić information content (AvgIpc) is 3.27. The van der Waals surface area contributed by atoms with Crippen LogP contribution in [0.4, 0.5) is 0 Å². The minimum atomic E-state index is 0.163. The van der Waals surface area contributed by atoms with Crippen LogP contribution in [0.1, 0.15) is 64.2 Å². The van der Waals surface area contributed by atoms with E-state index in [-0.39, 0.29) is 11.3 Å². The molecule has 0 atom stereocenters. The van der Waals surface area contributed by atoms with Crippen LogP contribution in [-0.2, 0) is 18.4 Å². The summed E-state index contributed by atoms with van der Waals surface area (Å²) in [6.45, 7) is 13.3. The van der Waals surface area contributed by atoms with Crippen molar-refractivity contribution in [2.24, 2.45) is 17.9 Å². The Hall–Kier alpha value is -1.86. The number of aromatic nitrogens is 3. The fourth-order valence-electron chi connectivity index (χ4n) is 4.92. The van der Waals surface area contributed by atoms with Gasteiger partial charge in [0.05, 0.1) is 6.54 Å². The van der Waals surface area contributed by atoms with Crippen LogP contribution in [0.25, 0.3) is 11.4 Å². The molecule has 2 aromatic rings. The standard InChI is InChI=1S/C24H36ClN5O2/c1-17-14-19(27-32-17)21-18(22(25)28(5)26-21)16-30-13-9-24(15-20(30)31)7-11-29(12-8-24)10-6-23(2,3)4/h14H,6-13,15-16H2,1-5H3. The lowest BCUT2D eigenvalue weighted by Crippen LogP contribution is -2.49. The van der Waals surface area contributed by atoms with Gasteiger partial charge in [0.1, 0.15) is 22.3 Å². The molecule has 2 aliphatic heterocycles. The van der Waals surface area contributed by atoms with Crippen molar-refractivity contribution in [1.29, 1.82) is 0 Å². The lowest BCUT2D eigenvalue weighted by Gasteiger charge is -2.46. The maximum Gasteiger partial charge on any atom is 0.223 e. The predicted octanol–water partition coefficient (Wildman–Crippen LogP) is 4.68. The van der Waals surface area contributed by atoms with Crippen LogP contribution in [-0.4, -0.2) is 56.8 Å². The molecule has 32 heavy (non-hydrogen) atoms. The summed E-state index contributed by atoms with van der Waals surface area (Å²) in [5.74, 6) is 0.944. The van der Waals surface area contributed by atoms with Crippen LogP contribution in [0.15, 0.2) is 10.6 Å². The number of rotatable bonds is 5. The van der Waals surface area contributed by atoms with Gasteiger partial charge in [-0.1, -0.05) is 37.5 Å². The summed E-state index contributed by atoms with van der Waals surface area (Å²) >= 11 is 6.56. The van der Waals surface area contributed by atoms with E-state index < -0.39 is 0 Å². The summed E-state index contributed by atoms with van der Waals surface area (Å²) in [5.41, 5.74) is 2.71. The Bertz CT molecular complexity index is 966. The van der Waals surface area contributed by atoms with Gasteiger partial charge in [0.2, 0.25) is 5.91 Å². The highest BCUT2D eigenvalue weighted by molar-refractivity contribution is 6.30. The van der Waals surface area contributed by atoms with E-state index in [1.54, 1.807) is 4.68 Å². The summed E-state index contributed by atoms with van der Waals surface area (Å²) in [5, 5.41) is 9.17. The highest BCUT2D eigenvalue weighted by Gasteiger charge is 2.41. The van der Waals surface area contributed by atoms with E-state index >= 15 is 0 Å². The number of piperidine rings is 2. The minimum absolute atomic E-state index is 0.163. The second-order valence-electron chi connectivity index (χ2n) is 11.0. The van der Waals surface area contributed by atoms with Crippen molar-refractivity contribution in [1.82, 2.24) is 24.7 Å². The van der Waals surface area contributed by atoms with Crippen LogP contribution in [0, 0.1) is 17.8 Å². The molecule has 7 nitrogen and oxygen atoms in total. The number of aryl methyl sites for hydroxylation is 2. The zero-order chi connectivity index (χ0) is 23.1. The number of hydrogen-bond acceptors (Lipinski definition) is 5. The molecular formula is C24H36ClN5O2. The van der Waals surface area contributed by atoms with E-state index in [1.165, 1.54) is 6.42 Å². The highest BCUT2D eigenvalue weighted by atomic mass is 35.5. The van der Waals surface area contributed by atoms with E-state index in [0.717, 1.165) is 56.8 Å². The molecule has 0 radical (unpaired) electrons. The number of amides is 1. The Morgan fingerprint density at radius 3 is 2.47 bits per heavy atom. The Kier molecular flexibility index (Phi) is 6.43. The van der Waals surface area contributed by atoms with Crippen molar-refractivity contribution >= 4 is 17.5 Å². The lowest BCUT2D eigenvalue weighted by molar-refractivity contribution is -0.140. The van der Waals surface area contributed by atoms with Gasteiger partial charge in [0, 0.05) is 31.6 Å². The monoisotopic (exact) mass is 461 g/mol. The zero-order valence-corrected chi connectivity index (χ0v) is 20.8. The second kappa shape index (κ2) is 8.82. The smallest absolute Gasteiger partial charge is 0.223 e. The number of carbonyl (C=O) groups is 1. The molecule has 2 saturated heterocycles. The van der Waals surface area contributed by atoms with Crippen molar-refractivity contribution in [3.05, 3.63) is 22.5 Å². The third-order valence-electron chi connectivity index (χ3n) is 7.17. The SMILES string of the molecule is Cc1cc(-c2nn(C)c(Cl)c2CN2CCC3(CCN(CCC(C)(C)C)CC3)CC2=O)no1. The number of carbonyl (C=O) groups excluding carboxylic acids is 1. The zero-order valence-electron chi connectivity index (χ0n) is 20.1. The molecule has 0 unspecified atom stereocenters. The summed E-state index contributed by atoms with van der Waals surface area (Å²) in [6.07, 6.45) is 5.15. The first-order valence-electron chi connectivity index (χ1n) is 11.7. The Morgan fingerprint density at radius 2 is 1.88 bits per heavy atom. The van der Waals surface area contributed by atoms with Gasteiger partial charge < -0.3 is 14.3 Å². The lowest BCUT2D eigenvalue weighted by atomic mass is 9.71. The van der Waals surface area contributed by atoms with E-state index in [1.807, 2.05) is 24.9 Å². The van der Waals surface area contributed by atoms with Gasteiger partial charge in [-0.25, -0.2) is 0 Å². The van der Waals surface area contributed by atoms with E-state index in [4.69, 9.17) is 16.1 Å². The van der Waals surface area contributed by atoms with Crippen LogP contribution in [0.5, 0.6) is 0 Å². The highest BCUT2D eigenvalue weighted by Crippen LogP contribution is 2.42. The van der Waals surface area contributed by atoms with Crippen LogP contribution in [0.2, 0.25) is 5.15 Å². The maximum atomic E-state index is 13.2. The largest absolute Gasteiger partial charge is 0.361 e. The van der Waals surface area contributed by atoms with E-state index in [2.05, 4.69) is 35.9 Å². The summed E-state index contributed by atoms with van der Waals surface area (Å²) in [6, 6.07) is 1.85. The molecule has 8 heteroatoms. The second-order valence-corrected chi connectivity index (χ2v) is 11.3. The van der Waals surface area contributed by atoms with E-state index in [9.17, 15) is 4.79 Å². The molecule has 0 aliphatic carbocycles. The van der Waals surface area contributed by atoms with Gasteiger partial charge in [0.25, 0.3) is 0 Å². The Morgan fingerprint density at radius 1 is 1.19 bits per heavy atom. The molecule has 1 spiro atoms. The molecule has 4 heterocycles. The minimum Gasteiger partial charge on any atom is -0.361 e. The van der Waals surface area contributed by atoms with Gasteiger partial charge in [-0.2, -0.15) is 5.10 Å². The molecule has 0 N–H and O–H groups in total. The quantitative estimate of drug-likeness (QED) is 0.646. The summed E-state index contributed by atoms with van der Waals surface area (Å²) in [7, 11) is 1.81. The molecule has 2 fully saturated rings. The third kappa shape index (κ3) is 5.04. The number of likely N-dealkylation sites (tertiary alicyclic amines) is 2. The van der Waals surface area contributed by atoms with Gasteiger partial charge in [-0.15, -0.1) is 0 Å². The first kappa shape index (κ1) is 23.3. The molecule has 0 bridgehead atoms. The fraction of sp³-hybridized carbons (Fsp3) is 0.708. The Balaban J connectivity index is 1.39. The molecule has 176 valence electrons. The summed E-state index contributed by atoms with van der Waals surface area (Å²) < 4.78 is 6.87. The van der Waals surface area contributed by atoms with Crippen molar-refractivity contribution in [2.45, 2.75) is 66.3 Å². The fourth-order valence-corrected chi connectivity index (χ4v) is 5.11. The van der Waals surface area contributed by atoms with Crippen molar-refractivity contribution in [2.75, 3.05) is 26.2 Å². The first-order chi connectivity index (χ1) is 15.1. The van der Waals surface area contributed by atoms with Gasteiger partial charge in [-0.3, -0.25) is 9.48 Å². The van der Waals surface area contributed by atoms with Crippen molar-refractivity contribution in [3.63, 3.8) is 0 Å². The third-order valence-corrected chi connectivity index (χ3v) is 7.65. The molecule has 0 aromatic carbocycles. The van der Waals surface area contributed by atoms with Crippen LogP contribution < -0.4 is 0 Å². The Labute approximate surface area is 196 Å². The number of halogens is 1. The van der Waals surface area contributed by atoms with Gasteiger partial charge in [-0.05, 0) is 63.1 Å². The topological polar surface area (TPSA) is 67.4 Å². The molecule has 0 saturated carbocycles. The first-order valence-corrected chi connectivity index (χ1v) is 12.1. The molecule has 2 aliphatic rings. The predicted molar refractivity (Wildman–Crippen MR) is 125 cm³/mol. The van der Waals surface area contributed by atoms with Gasteiger partial charge >= 0.3 is 0 Å². The molecule has 2 aromatic heterocycles. The van der Waals surface area contributed by atoms with Gasteiger partial charge in [0.15, 0.2) is 0 Å². The van der Waals surface area contributed by atoms with Crippen molar-refractivity contribution in [3.8, 4) is 11.4 Å². The van der Waals surface area contributed by atoms with Crippen molar-refractivity contribution < 1.29 is 9.32 Å².